The van der Waals surface area contributed by atoms with Gasteiger partial charge in [-0.3, -0.25) is 4.79 Å². The maximum Gasteiger partial charge on any atom is 0.410 e. The summed E-state index contributed by atoms with van der Waals surface area (Å²) in [5, 5.41) is 0. The van der Waals surface area contributed by atoms with E-state index < -0.39 is 5.60 Å². The number of ketones is 1. The molecule has 1 aliphatic rings. The van der Waals surface area contributed by atoms with Gasteiger partial charge in [0, 0.05) is 25.4 Å². The molecule has 0 aliphatic carbocycles. The van der Waals surface area contributed by atoms with Crippen LogP contribution in [0.4, 0.5) is 4.79 Å². The van der Waals surface area contributed by atoms with Crippen molar-refractivity contribution in [3.05, 3.63) is 0 Å². The first kappa shape index (κ1) is 18.0. The number of amides is 1. The average molecular weight is 297 g/mol. The second-order valence-corrected chi connectivity index (χ2v) is 7.02. The van der Waals surface area contributed by atoms with Crippen molar-refractivity contribution in [2.45, 2.75) is 78.2 Å². The highest BCUT2D eigenvalue weighted by molar-refractivity contribution is 5.81. The summed E-state index contributed by atoms with van der Waals surface area (Å²) in [7, 11) is 0. The van der Waals surface area contributed by atoms with Gasteiger partial charge in [-0.05, 0) is 40.0 Å². The van der Waals surface area contributed by atoms with E-state index in [2.05, 4.69) is 6.92 Å². The molecule has 1 fully saturated rings. The molecule has 4 heteroatoms. The Morgan fingerprint density at radius 3 is 2.24 bits per heavy atom. The smallest absolute Gasteiger partial charge is 0.410 e. The zero-order chi connectivity index (χ0) is 15.9. The van der Waals surface area contributed by atoms with Gasteiger partial charge in [-0.2, -0.15) is 0 Å². The van der Waals surface area contributed by atoms with Crippen molar-refractivity contribution in [2.24, 2.45) is 5.92 Å². The first-order chi connectivity index (χ1) is 9.83. The van der Waals surface area contributed by atoms with Gasteiger partial charge in [-0.1, -0.05) is 26.2 Å². The molecule has 1 amide bonds. The molecule has 0 N–H and O–H groups in total. The number of hydrogen-bond donors (Lipinski definition) is 0. The molecule has 4 nitrogen and oxygen atoms in total. The summed E-state index contributed by atoms with van der Waals surface area (Å²) in [5.41, 5.74) is -0.455. The molecule has 122 valence electrons. The summed E-state index contributed by atoms with van der Waals surface area (Å²) in [6.07, 6.45) is 6.59. The van der Waals surface area contributed by atoms with E-state index in [0.29, 0.717) is 25.3 Å². The molecular weight excluding hydrogens is 266 g/mol. The van der Waals surface area contributed by atoms with Crippen molar-refractivity contribution in [1.82, 2.24) is 4.90 Å². The van der Waals surface area contributed by atoms with Crippen molar-refractivity contribution in [2.75, 3.05) is 13.1 Å². The van der Waals surface area contributed by atoms with Crippen LogP contribution in [-0.4, -0.2) is 35.5 Å². The second-order valence-electron chi connectivity index (χ2n) is 7.02. The minimum Gasteiger partial charge on any atom is -0.444 e. The monoisotopic (exact) mass is 297 g/mol. The zero-order valence-electron chi connectivity index (χ0n) is 14.1. The van der Waals surface area contributed by atoms with E-state index in [1.165, 1.54) is 12.8 Å². The van der Waals surface area contributed by atoms with Gasteiger partial charge in [-0.25, -0.2) is 4.79 Å². The summed E-state index contributed by atoms with van der Waals surface area (Å²) in [5.74, 6) is 0.528. The van der Waals surface area contributed by atoms with Crippen LogP contribution >= 0.6 is 0 Å². The van der Waals surface area contributed by atoms with Gasteiger partial charge < -0.3 is 9.64 Å². The lowest BCUT2D eigenvalue weighted by atomic mass is 9.90. The Kier molecular flexibility index (Phi) is 7.20. The highest BCUT2D eigenvalue weighted by atomic mass is 16.6. The maximum atomic E-state index is 12.1. The molecule has 1 aliphatic heterocycles. The summed E-state index contributed by atoms with van der Waals surface area (Å²) in [4.78, 5) is 25.8. The van der Waals surface area contributed by atoms with Crippen LogP contribution in [-0.2, 0) is 9.53 Å². The van der Waals surface area contributed by atoms with Gasteiger partial charge in [0.15, 0.2) is 0 Å². The van der Waals surface area contributed by atoms with Crippen molar-refractivity contribution < 1.29 is 14.3 Å². The number of rotatable bonds is 6. The topological polar surface area (TPSA) is 46.6 Å². The van der Waals surface area contributed by atoms with Crippen LogP contribution in [0.2, 0.25) is 0 Å². The molecule has 0 saturated carbocycles. The van der Waals surface area contributed by atoms with Crippen LogP contribution in [0.25, 0.3) is 0 Å². The average Bonchev–Trinajstić information content (AvgIpc) is 2.41. The van der Waals surface area contributed by atoms with Gasteiger partial charge in [0.05, 0.1) is 0 Å². The molecule has 21 heavy (non-hydrogen) atoms. The normalized spacial score (nSPS) is 16.9. The van der Waals surface area contributed by atoms with E-state index in [1.807, 2.05) is 20.8 Å². The lowest BCUT2D eigenvalue weighted by Crippen LogP contribution is -2.42. The third-order valence-electron chi connectivity index (χ3n) is 3.88. The van der Waals surface area contributed by atoms with E-state index in [-0.39, 0.29) is 12.0 Å². The van der Waals surface area contributed by atoms with E-state index in [4.69, 9.17) is 4.74 Å². The maximum absolute atomic E-state index is 12.1. The van der Waals surface area contributed by atoms with Crippen molar-refractivity contribution in [1.29, 1.82) is 0 Å². The number of carbonyl (C=O) groups is 2. The first-order valence-corrected chi connectivity index (χ1v) is 8.34. The van der Waals surface area contributed by atoms with E-state index in [1.54, 1.807) is 4.90 Å². The van der Waals surface area contributed by atoms with E-state index in [0.717, 1.165) is 25.7 Å². The van der Waals surface area contributed by atoms with Crippen molar-refractivity contribution in [3.63, 3.8) is 0 Å². The minimum absolute atomic E-state index is 0.144. The Morgan fingerprint density at radius 2 is 1.71 bits per heavy atom. The summed E-state index contributed by atoms with van der Waals surface area (Å²) < 4.78 is 5.37. The zero-order valence-corrected chi connectivity index (χ0v) is 14.1. The molecule has 1 rings (SSSR count). The fraction of sp³-hybridized carbons (Fsp3) is 0.882. The number of unbranched alkanes of at least 4 members (excludes halogenated alkanes) is 3. The number of ether oxygens (including phenoxy) is 1. The molecule has 0 aromatic rings. The van der Waals surface area contributed by atoms with Gasteiger partial charge in [0.2, 0.25) is 0 Å². The Balaban J connectivity index is 2.28. The molecule has 0 radical (unpaired) electrons. The van der Waals surface area contributed by atoms with Crippen LogP contribution in [0.1, 0.15) is 72.6 Å². The molecule has 0 atom stereocenters. The Hall–Kier alpha value is -1.06. The molecule has 0 aromatic heterocycles. The minimum atomic E-state index is -0.455. The summed E-state index contributed by atoms with van der Waals surface area (Å²) >= 11 is 0. The van der Waals surface area contributed by atoms with Crippen molar-refractivity contribution in [3.8, 4) is 0 Å². The lowest BCUT2D eigenvalue weighted by Gasteiger charge is -2.33. The molecular formula is C17H31NO3. The Bertz CT molecular complexity index is 338. The van der Waals surface area contributed by atoms with Gasteiger partial charge in [0.25, 0.3) is 0 Å². The van der Waals surface area contributed by atoms with Gasteiger partial charge in [-0.15, -0.1) is 0 Å². The number of Topliss-reactive ketones (excluding diaryl/α,β-unsaturated/α-hetero) is 1. The van der Waals surface area contributed by atoms with E-state index in [9.17, 15) is 9.59 Å². The molecule has 0 unspecified atom stereocenters. The first-order valence-electron chi connectivity index (χ1n) is 8.34. The predicted octanol–water partition coefficient (Wildman–Crippen LogP) is 4.17. The van der Waals surface area contributed by atoms with E-state index >= 15 is 0 Å². The third-order valence-corrected chi connectivity index (χ3v) is 3.88. The van der Waals surface area contributed by atoms with Crippen molar-refractivity contribution >= 4 is 11.9 Å². The largest absolute Gasteiger partial charge is 0.444 e. The molecule has 0 spiro atoms. The highest BCUT2D eigenvalue weighted by Crippen LogP contribution is 2.22. The fourth-order valence-electron chi connectivity index (χ4n) is 2.64. The molecule has 0 bridgehead atoms. The van der Waals surface area contributed by atoms with Crippen LogP contribution in [0, 0.1) is 5.92 Å². The SMILES string of the molecule is CCCCCCC(=O)C1CCN(C(=O)OC(C)(C)C)CC1. The quantitative estimate of drug-likeness (QED) is 0.691. The molecule has 1 saturated heterocycles. The summed E-state index contributed by atoms with van der Waals surface area (Å²) in [6, 6.07) is 0. The van der Waals surface area contributed by atoms with Gasteiger partial charge in [0.1, 0.15) is 11.4 Å². The number of piperidine rings is 1. The number of carbonyl (C=O) groups excluding carboxylic acids is 2. The standard InChI is InChI=1S/C17H31NO3/c1-5-6-7-8-9-15(19)14-10-12-18(13-11-14)16(20)21-17(2,3)4/h14H,5-13H2,1-4H3. The van der Waals surface area contributed by atoms with Crippen LogP contribution in [0.15, 0.2) is 0 Å². The number of likely N-dealkylation sites (tertiary alicyclic amines) is 1. The molecule has 1 heterocycles. The lowest BCUT2D eigenvalue weighted by molar-refractivity contribution is -0.124. The number of nitrogens with zero attached hydrogens (tertiary/aromatic N) is 1. The predicted molar refractivity (Wildman–Crippen MR) is 84.3 cm³/mol. The van der Waals surface area contributed by atoms with Crippen LogP contribution in [0.3, 0.4) is 0 Å². The Labute approximate surface area is 129 Å². The number of hydrogen-bond acceptors (Lipinski definition) is 3. The third kappa shape index (κ3) is 6.96. The van der Waals surface area contributed by atoms with Crippen LogP contribution in [0.5, 0.6) is 0 Å². The summed E-state index contributed by atoms with van der Waals surface area (Å²) in [6.45, 7) is 9.07. The van der Waals surface area contributed by atoms with Gasteiger partial charge >= 0.3 is 6.09 Å². The second kappa shape index (κ2) is 8.40. The highest BCUT2D eigenvalue weighted by Gasteiger charge is 2.29. The Morgan fingerprint density at radius 1 is 1.10 bits per heavy atom. The molecule has 0 aromatic carbocycles. The fourth-order valence-corrected chi connectivity index (χ4v) is 2.64. The van der Waals surface area contributed by atoms with Crippen LogP contribution < -0.4 is 0 Å².